The minimum atomic E-state index is 0.760. The van der Waals surface area contributed by atoms with E-state index in [1.54, 1.807) is 11.3 Å². The van der Waals surface area contributed by atoms with Crippen LogP contribution in [0.3, 0.4) is 0 Å². The standard InChI is InChI=1S/C12H19N3S/c1-3-6-15(2)8-11-9-16-12(14-11)7-13-10-4-5-10/h3,9-10,13H,1,4-8H2,2H3. The zero-order valence-electron chi connectivity index (χ0n) is 9.78. The fourth-order valence-corrected chi connectivity index (χ4v) is 2.32. The van der Waals surface area contributed by atoms with Crippen LogP contribution in [0.4, 0.5) is 0 Å². The van der Waals surface area contributed by atoms with Gasteiger partial charge in [0.2, 0.25) is 0 Å². The fourth-order valence-electron chi connectivity index (χ4n) is 1.58. The van der Waals surface area contributed by atoms with Crippen molar-refractivity contribution in [2.24, 2.45) is 0 Å². The SMILES string of the molecule is C=CCN(C)Cc1csc(CNC2CC2)n1. The molecule has 1 aliphatic carbocycles. The minimum absolute atomic E-state index is 0.760. The molecule has 3 nitrogen and oxygen atoms in total. The predicted octanol–water partition coefficient (Wildman–Crippen LogP) is 2.01. The van der Waals surface area contributed by atoms with Gasteiger partial charge in [-0.3, -0.25) is 4.90 Å². The zero-order chi connectivity index (χ0) is 11.4. The van der Waals surface area contributed by atoms with Crippen molar-refractivity contribution in [1.29, 1.82) is 0 Å². The first-order valence-corrected chi connectivity index (χ1v) is 6.62. The van der Waals surface area contributed by atoms with Gasteiger partial charge in [-0.2, -0.15) is 0 Å². The number of rotatable bonds is 7. The quantitative estimate of drug-likeness (QED) is 0.735. The van der Waals surface area contributed by atoms with E-state index in [2.05, 4.69) is 34.2 Å². The molecular formula is C12H19N3S. The molecule has 0 radical (unpaired) electrons. The molecule has 1 N–H and O–H groups in total. The third-order valence-electron chi connectivity index (χ3n) is 2.59. The van der Waals surface area contributed by atoms with Crippen molar-refractivity contribution in [1.82, 2.24) is 15.2 Å². The van der Waals surface area contributed by atoms with Gasteiger partial charge in [-0.05, 0) is 19.9 Å². The van der Waals surface area contributed by atoms with Crippen LogP contribution < -0.4 is 5.32 Å². The lowest BCUT2D eigenvalue weighted by atomic mass is 10.4. The summed E-state index contributed by atoms with van der Waals surface area (Å²) < 4.78 is 0. The van der Waals surface area contributed by atoms with Gasteiger partial charge in [0.25, 0.3) is 0 Å². The van der Waals surface area contributed by atoms with Gasteiger partial charge in [0.05, 0.1) is 5.69 Å². The largest absolute Gasteiger partial charge is 0.308 e. The van der Waals surface area contributed by atoms with Crippen molar-refractivity contribution in [2.45, 2.75) is 32.0 Å². The van der Waals surface area contributed by atoms with E-state index in [1.807, 2.05) is 6.08 Å². The number of hydrogen-bond donors (Lipinski definition) is 1. The second-order valence-electron chi connectivity index (χ2n) is 4.37. The van der Waals surface area contributed by atoms with Crippen LogP contribution in [0, 0.1) is 0 Å². The van der Waals surface area contributed by atoms with E-state index in [-0.39, 0.29) is 0 Å². The molecule has 0 amide bonds. The second-order valence-corrected chi connectivity index (χ2v) is 5.32. The Kier molecular flexibility index (Phi) is 4.09. The number of nitrogens with zero attached hydrogens (tertiary/aromatic N) is 2. The Morgan fingerprint density at radius 3 is 3.19 bits per heavy atom. The Morgan fingerprint density at radius 1 is 1.69 bits per heavy atom. The van der Waals surface area contributed by atoms with E-state index < -0.39 is 0 Å². The van der Waals surface area contributed by atoms with Crippen LogP contribution in [0.25, 0.3) is 0 Å². The fraction of sp³-hybridized carbons (Fsp3) is 0.583. The maximum Gasteiger partial charge on any atom is 0.107 e. The van der Waals surface area contributed by atoms with Gasteiger partial charge in [-0.1, -0.05) is 6.08 Å². The van der Waals surface area contributed by atoms with Crippen LogP contribution in [-0.2, 0) is 13.1 Å². The molecule has 2 rings (SSSR count). The Hall–Kier alpha value is -0.710. The first-order valence-electron chi connectivity index (χ1n) is 5.74. The molecule has 1 heterocycles. The van der Waals surface area contributed by atoms with Gasteiger partial charge in [0.1, 0.15) is 5.01 Å². The highest BCUT2D eigenvalue weighted by Crippen LogP contribution is 2.20. The summed E-state index contributed by atoms with van der Waals surface area (Å²) >= 11 is 1.75. The van der Waals surface area contributed by atoms with Gasteiger partial charge in [-0.15, -0.1) is 17.9 Å². The van der Waals surface area contributed by atoms with Gasteiger partial charge in [0, 0.05) is 31.1 Å². The topological polar surface area (TPSA) is 28.2 Å². The molecule has 0 atom stereocenters. The third-order valence-corrected chi connectivity index (χ3v) is 3.49. The molecule has 88 valence electrons. The van der Waals surface area contributed by atoms with Gasteiger partial charge in [-0.25, -0.2) is 4.98 Å². The molecule has 0 bridgehead atoms. The molecular weight excluding hydrogens is 218 g/mol. The summed E-state index contributed by atoms with van der Waals surface area (Å²) in [6.07, 6.45) is 4.59. The first-order chi connectivity index (χ1) is 7.78. The number of likely N-dealkylation sites (N-methyl/N-ethyl adjacent to an activating group) is 1. The number of aromatic nitrogens is 1. The lowest BCUT2D eigenvalue weighted by molar-refractivity contribution is 0.359. The monoisotopic (exact) mass is 237 g/mol. The van der Waals surface area contributed by atoms with E-state index in [0.29, 0.717) is 0 Å². The summed E-state index contributed by atoms with van der Waals surface area (Å²) in [4.78, 5) is 6.82. The van der Waals surface area contributed by atoms with Crippen LogP contribution in [0.5, 0.6) is 0 Å². The van der Waals surface area contributed by atoms with Crippen LogP contribution >= 0.6 is 11.3 Å². The molecule has 0 aromatic carbocycles. The summed E-state index contributed by atoms with van der Waals surface area (Å²) in [5, 5.41) is 6.84. The normalized spacial score (nSPS) is 15.6. The van der Waals surface area contributed by atoms with E-state index in [0.717, 1.165) is 25.7 Å². The Balaban J connectivity index is 1.78. The van der Waals surface area contributed by atoms with Crippen LogP contribution in [0.1, 0.15) is 23.5 Å². The van der Waals surface area contributed by atoms with Crippen molar-refractivity contribution in [2.75, 3.05) is 13.6 Å². The molecule has 0 aliphatic heterocycles. The predicted molar refractivity (Wildman–Crippen MR) is 68.5 cm³/mol. The molecule has 0 saturated heterocycles. The lowest BCUT2D eigenvalue weighted by Gasteiger charge is -2.11. The molecule has 1 saturated carbocycles. The van der Waals surface area contributed by atoms with E-state index in [1.165, 1.54) is 23.5 Å². The van der Waals surface area contributed by atoms with Crippen molar-refractivity contribution in [3.8, 4) is 0 Å². The Bertz CT molecular complexity index is 344. The molecule has 1 fully saturated rings. The molecule has 4 heteroatoms. The summed E-state index contributed by atoms with van der Waals surface area (Å²) in [6.45, 7) is 6.48. The number of hydrogen-bond acceptors (Lipinski definition) is 4. The smallest absolute Gasteiger partial charge is 0.107 e. The molecule has 1 aliphatic rings. The molecule has 1 aromatic heterocycles. The van der Waals surface area contributed by atoms with E-state index >= 15 is 0 Å². The van der Waals surface area contributed by atoms with Crippen molar-refractivity contribution < 1.29 is 0 Å². The number of nitrogens with one attached hydrogen (secondary N) is 1. The van der Waals surface area contributed by atoms with Crippen molar-refractivity contribution in [3.05, 3.63) is 28.7 Å². The average molecular weight is 237 g/mol. The minimum Gasteiger partial charge on any atom is -0.308 e. The summed E-state index contributed by atoms with van der Waals surface area (Å²) in [5.41, 5.74) is 1.17. The van der Waals surface area contributed by atoms with E-state index in [9.17, 15) is 0 Å². The maximum absolute atomic E-state index is 4.61. The highest BCUT2D eigenvalue weighted by atomic mass is 32.1. The summed E-state index contributed by atoms with van der Waals surface area (Å²) in [5.74, 6) is 0. The summed E-state index contributed by atoms with van der Waals surface area (Å²) in [6, 6.07) is 0.760. The van der Waals surface area contributed by atoms with Crippen LogP contribution in [0.2, 0.25) is 0 Å². The Labute approximate surface area is 101 Å². The highest BCUT2D eigenvalue weighted by Gasteiger charge is 2.20. The van der Waals surface area contributed by atoms with Gasteiger partial charge < -0.3 is 5.32 Å². The molecule has 0 spiro atoms. The lowest BCUT2D eigenvalue weighted by Crippen LogP contribution is -2.18. The molecule has 1 aromatic rings. The first kappa shape index (κ1) is 11.8. The van der Waals surface area contributed by atoms with Crippen molar-refractivity contribution >= 4 is 11.3 Å². The molecule has 16 heavy (non-hydrogen) atoms. The number of thiazole rings is 1. The van der Waals surface area contributed by atoms with Crippen LogP contribution in [-0.4, -0.2) is 29.5 Å². The van der Waals surface area contributed by atoms with Gasteiger partial charge in [0.15, 0.2) is 0 Å². The van der Waals surface area contributed by atoms with Crippen LogP contribution in [0.15, 0.2) is 18.0 Å². The maximum atomic E-state index is 4.61. The van der Waals surface area contributed by atoms with E-state index in [4.69, 9.17) is 0 Å². The van der Waals surface area contributed by atoms with Gasteiger partial charge >= 0.3 is 0 Å². The second kappa shape index (κ2) is 5.57. The third kappa shape index (κ3) is 3.70. The highest BCUT2D eigenvalue weighted by molar-refractivity contribution is 7.09. The Morgan fingerprint density at radius 2 is 2.50 bits per heavy atom. The van der Waals surface area contributed by atoms with Crippen molar-refractivity contribution in [3.63, 3.8) is 0 Å². The summed E-state index contributed by atoms with van der Waals surface area (Å²) in [7, 11) is 2.09. The zero-order valence-corrected chi connectivity index (χ0v) is 10.6. The average Bonchev–Trinajstić information content (AvgIpc) is 2.98. The molecule has 0 unspecified atom stereocenters.